The Morgan fingerprint density at radius 1 is 0.543 bits per heavy atom. The number of hydrogen-bond donors (Lipinski definition) is 3. The molecule has 35 heavy (non-hydrogen) atoms. The topological polar surface area (TPSA) is 73.2 Å². The van der Waals surface area contributed by atoms with Crippen molar-refractivity contribution >= 4 is 17.1 Å². The molecule has 0 atom stereocenters. The highest BCUT2D eigenvalue weighted by molar-refractivity contribution is 5.84. The van der Waals surface area contributed by atoms with Crippen LogP contribution >= 0.6 is 0 Å². The molecular weight excluding hydrogens is 438 g/mol. The zero-order chi connectivity index (χ0) is 25.4. The van der Waals surface area contributed by atoms with Crippen LogP contribution in [0.25, 0.3) is 0 Å². The predicted octanol–water partition coefficient (Wildman–Crippen LogP) is 7.92. The second-order valence-corrected chi connectivity index (χ2v) is 9.11. The molecule has 0 saturated heterocycles. The van der Waals surface area contributed by atoms with Gasteiger partial charge in [-0.25, -0.2) is 0 Å². The van der Waals surface area contributed by atoms with Crippen LogP contribution in [0.2, 0.25) is 0 Å². The predicted molar refractivity (Wildman–Crippen MR) is 141 cm³/mol. The highest BCUT2D eigenvalue weighted by Crippen LogP contribution is 2.47. The average molecular weight is 470 g/mol. The second-order valence-electron chi connectivity index (χ2n) is 9.11. The molecule has 5 heteroatoms. The van der Waals surface area contributed by atoms with Crippen LogP contribution in [-0.4, -0.2) is 15.3 Å². The monoisotopic (exact) mass is 469 g/mol. The third-order valence-electron chi connectivity index (χ3n) is 6.48. The van der Waals surface area contributed by atoms with E-state index >= 15 is 0 Å². The van der Waals surface area contributed by atoms with Gasteiger partial charge in [0.15, 0.2) is 17.2 Å². The maximum absolute atomic E-state index is 10.6. The lowest BCUT2D eigenvalue weighted by Crippen LogP contribution is -2.14. The summed E-state index contributed by atoms with van der Waals surface area (Å²) in [5.41, 5.74) is 7.62. The van der Waals surface area contributed by atoms with E-state index in [1.54, 1.807) is 18.2 Å². The first-order valence-corrected chi connectivity index (χ1v) is 11.5. The SMILES string of the molecule is Cc1cc(N(c2cc(C)c(O)cc2C)c2ccccc2Oc2c(O)ccc(C)c2C)c(C)cc1O. The number of phenolic OH excluding ortho intramolecular Hbond substituents is 3. The molecular formula is C30H31NO4. The molecule has 4 rings (SSSR count). The quantitative estimate of drug-likeness (QED) is 0.277. The number of phenols is 3. The maximum atomic E-state index is 10.6. The van der Waals surface area contributed by atoms with Gasteiger partial charge >= 0.3 is 0 Å². The summed E-state index contributed by atoms with van der Waals surface area (Å²) >= 11 is 0. The molecule has 0 aromatic heterocycles. The summed E-state index contributed by atoms with van der Waals surface area (Å²) in [5, 5.41) is 31.2. The molecule has 0 unspecified atom stereocenters. The minimum Gasteiger partial charge on any atom is -0.508 e. The Labute approximate surface area is 206 Å². The molecule has 0 aliphatic carbocycles. The lowest BCUT2D eigenvalue weighted by molar-refractivity contribution is 0.409. The van der Waals surface area contributed by atoms with Crippen molar-refractivity contribution in [3.8, 4) is 28.7 Å². The zero-order valence-corrected chi connectivity index (χ0v) is 21.0. The van der Waals surface area contributed by atoms with Crippen LogP contribution in [0.4, 0.5) is 17.1 Å². The molecule has 4 aromatic carbocycles. The first kappa shape index (κ1) is 24.0. The van der Waals surface area contributed by atoms with E-state index in [0.717, 1.165) is 50.4 Å². The second kappa shape index (κ2) is 9.26. The van der Waals surface area contributed by atoms with Gasteiger partial charge in [0.1, 0.15) is 11.5 Å². The molecule has 0 bridgehead atoms. The van der Waals surface area contributed by atoms with Crippen molar-refractivity contribution in [2.75, 3.05) is 4.90 Å². The van der Waals surface area contributed by atoms with E-state index in [4.69, 9.17) is 4.74 Å². The fourth-order valence-corrected chi connectivity index (χ4v) is 4.19. The number of hydrogen-bond acceptors (Lipinski definition) is 5. The number of ether oxygens (including phenoxy) is 1. The van der Waals surface area contributed by atoms with Gasteiger partial charge in [-0.1, -0.05) is 18.2 Å². The minimum absolute atomic E-state index is 0.0720. The van der Waals surface area contributed by atoms with Crippen LogP contribution in [0.3, 0.4) is 0 Å². The third kappa shape index (κ3) is 4.50. The summed E-state index contributed by atoms with van der Waals surface area (Å²) in [5.74, 6) is 1.51. The molecule has 5 nitrogen and oxygen atoms in total. The Morgan fingerprint density at radius 3 is 1.66 bits per heavy atom. The van der Waals surface area contributed by atoms with Gasteiger partial charge in [-0.05, 0) is 117 Å². The van der Waals surface area contributed by atoms with E-state index < -0.39 is 0 Å². The Bertz CT molecular complexity index is 1370. The van der Waals surface area contributed by atoms with Gasteiger partial charge in [-0.3, -0.25) is 0 Å². The summed E-state index contributed by atoms with van der Waals surface area (Å²) in [6.45, 7) is 11.5. The van der Waals surface area contributed by atoms with Crippen LogP contribution < -0.4 is 9.64 Å². The lowest BCUT2D eigenvalue weighted by atomic mass is 10.0. The molecule has 0 aliphatic rings. The van der Waals surface area contributed by atoms with E-state index in [1.807, 2.05) is 84.0 Å². The number of para-hydroxylation sites is 2. The summed E-state index contributed by atoms with van der Waals surface area (Å²) < 4.78 is 6.37. The zero-order valence-electron chi connectivity index (χ0n) is 21.0. The fourth-order valence-electron chi connectivity index (χ4n) is 4.19. The number of nitrogens with zero attached hydrogens (tertiary/aromatic N) is 1. The van der Waals surface area contributed by atoms with Gasteiger partial charge in [0, 0.05) is 11.4 Å². The number of aryl methyl sites for hydroxylation is 5. The van der Waals surface area contributed by atoms with Gasteiger partial charge in [0.05, 0.1) is 5.69 Å². The van der Waals surface area contributed by atoms with Gasteiger partial charge < -0.3 is 25.0 Å². The molecule has 0 fully saturated rings. The number of aromatic hydroxyl groups is 3. The van der Waals surface area contributed by atoms with Crippen molar-refractivity contribution < 1.29 is 20.1 Å². The highest BCUT2D eigenvalue weighted by atomic mass is 16.5. The Morgan fingerprint density at radius 2 is 1.09 bits per heavy atom. The maximum Gasteiger partial charge on any atom is 0.172 e. The molecule has 0 spiro atoms. The van der Waals surface area contributed by atoms with Crippen molar-refractivity contribution in [1.82, 2.24) is 0 Å². The third-order valence-corrected chi connectivity index (χ3v) is 6.48. The van der Waals surface area contributed by atoms with Crippen molar-refractivity contribution in [2.45, 2.75) is 41.5 Å². The largest absolute Gasteiger partial charge is 0.508 e. The summed E-state index contributed by atoms with van der Waals surface area (Å²) in [6.07, 6.45) is 0. The summed E-state index contributed by atoms with van der Waals surface area (Å²) in [6, 6.07) is 18.5. The molecule has 180 valence electrons. The Balaban J connectivity index is 1.99. The summed E-state index contributed by atoms with van der Waals surface area (Å²) in [7, 11) is 0. The van der Waals surface area contributed by atoms with Crippen LogP contribution in [0, 0.1) is 41.5 Å². The van der Waals surface area contributed by atoms with Crippen LogP contribution in [0.1, 0.15) is 33.4 Å². The van der Waals surface area contributed by atoms with Crippen molar-refractivity contribution in [2.24, 2.45) is 0 Å². The smallest absolute Gasteiger partial charge is 0.172 e. The van der Waals surface area contributed by atoms with Gasteiger partial charge in [-0.2, -0.15) is 0 Å². The minimum atomic E-state index is 0.0720. The molecule has 0 aliphatic heterocycles. The molecule has 0 saturated carbocycles. The van der Waals surface area contributed by atoms with Gasteiger partial charge in [0.25, 0.3) is 0 Å². The highest BCUT2D eigenvalue weighted by Gasteiger charge is 2.23. The van der Waals surface area contributed by atoms with E-state index in [9.17, 15) is 15.3 Å². The van der Waals surface area contributed by atoms with Crippen molar-refractivity contribution in [3.63, 3.8) is 0 Å². The normalized spacial score (nSPS) is 10.9. The van der Waals surface area contributed by atoms with E-state index in [1.165, 1.54) is 0 Å². The van der Waals surface area contributed by atoms with E-state index in [0.29, 0.717) is 11.5 Å². The standard InChI is InChI=1S/C30H31NO4/c1-17-11-12-26(32)30(22(17)6)35-29-10-8-7-9-23(29)31(24-13-20(4)27(33)15-18(24)2)25-14-21(5)28(34)16-19(25)3/h7-16,32-34H,1-6H3. The van der Waals surface area contributed by atoms with Gasteiger partial charge in [0.2, 0.25) is 0 Å². The molecule has 3 N–H and O–H groups in total. The molecule has 0 heterocycles. The number of benzene rings is 4. The number of rotatable bonds is 5. The van der Waals surface area contributed by atoms with Gasteiger partial charge in [-0.15, -0.1) is 0 Å². The van der Waals surface area contributed by atoms with Crippen molar-refractivity contribution in [3.05, 3.63) is 94.0 Å². The van der Waals surface area contributed by atoms with Crippen LogP contribution in [-0.2, 0) is 0 Å². The van der Waals surface area contributed by atoms with Crippen molar-refractivity contribution in [1.29, 1.82) is 0 Å². The Kier molecular flexibility index (Phi) is 6.35. The lowest BCUT2D eigenvalue weighted by Gasteiger charge is -2.31. The molecule has 0 amide bonds. The first-order chi connectivity index (χ1) is 16.6. The van der Waals surface area contributed by atoms with E-state index in [2.05, 4.69) is 4.90 Å². The molecule has 4 aromatic rings. The van der Waals surface area contributed by atoms with Crippen LogP contribution in [0.5, 0.6) is 28.7 Å². The number of anilines is 3. The fraction of sp³-hybridized carbons (Fsp3) is 0.200. The molecule has 0 radical (unpaired) electrons. The van der Waals surface area contributed by atoms with E-state index in [-0.39, 0.29) is 17.2 Å². The van der Waals surface area contributed by atoms with Crippen LogP contribution in [0.15, 0.2) is 60.7 Å². The average Bonchev–Trinajstić information content (AvgIpc) is 2.81. The summed E-state index contributed by atoms with van der Waals surface area (Å²) in [4.78, 5) is 2.07. The Hall–Kier alpha value is -4.12. The first-order valence-electron chi connectivity index (χ1n) is 11.5.